The van der Waals surface area contributed by atoms with Gasteiger partial charge in [0.2, 0.25) is 0 Å². The zero-order valence-electron chi connectivity index (χ0n) is 35.0. The van der Waals surface area contributed by atoms with E-state index in [9.17, 15) is 14.3 Å². The van der Waals surface area contributed by atoms with Gasteiger partial charge in [-0.25, -0.2) is 0 Å². The van der Waals surface area contributed by atoms with E-state index in [4.69, 9.17) is 34.9 Å². The van der Waals surface area contributed by atoms with Crippen LogP contribution >= 0.6 is 19.4 Å². The molecule has 57 heavy (non-hydrogen) atoms. The molecule has 0 heterocycles. The van der Waals surface area contributed by atoms with E-state index in [0.29, 0.717) is 33.8 Å². The summed E-state index contributed by atoms with van der Waals surface area (Å²) in [6, 6.07) is 24.5. The van der Waals surface area contributed by atoms with Crippen molar-refractivity contribution in [2.24, 2.45) is 0 Å². The van der Waals surface area contributed by atoms with Crippen LogP contribution in [0.4, 0.5) is 0 Å². The van der Waals surface area contributed by atoms with Gasteiger partial charge in [0.05, 0.1) is 41.5 Å². The lowest BCUT2D eigenvalue weighted by molar-refractivity contribution is -0.870. The first-order valence-corrected chi connectivity index (χ1v) is 22.6. The summed E-state index contributed by atoms with van der Waals surface area (Å²) >= 11 is 6.61. The summed E-state index contributed by atoms with van der Waals surface area (Å²) in [5, 5.41) is 0.468. The third-order valence-corrected chi connectivity index (χ3v) is 11.0. The van der Waals surface area contributed by atoms with Crippen molar-refractivity contribution in [1.29, 1.82) is 0 Å². The largest absolute Gasteiger partial charge is 0.756 e. The maximum Gasteiger partial charge on any atom is 0.306 e. The zero-order valence-corrected chi connectivity index (χ0v) is 36.7. The second-order valence-electron chi connectivity index (χ2n) is 15.6. The Kier molecular flexibility index (Phi) is 22.2. The van der Waals surface area contributed by atoms with Crippen molar-refractivity contribution in [3.63, 3.8) is 0 Å². The zero-order chi connectivity index (χ0) is 41.4. The number of allylic oxidation sites excluding steroid dienone is 2. The molecule has 9 nitrogen and oxygen atoms in total. The Bertz CT molecular complexity index is 1590. The van der Waals surface area contributed by atoms with E-state index in [1.54, 1.807) is 25.3 Å². The molecule has 0 radical (unpaired) electrons. The molecular weight excluding hydrogens is 761 g/mol. The van der Waals surface area contributed by atoms with Crippen LogP contribution in [0.2, 0.25) is 5.02 Å². The van der Waals surface area contributed by atoms with Crippen molar-refractivity contribution in [2.45, 2.75) is 109 Å². The predicted octanol–water partition coefficient (Wildman–Crippen LogP) is 10.8. The lowest BCUT2D eigenvalue weighted by atomic mass is 9.79. The standard InChI is InChI=1S/C46H67ClNO8P/c1-6-7-8-9-10-11-12-13-14-15-16-17-18-19-26-31-45(49)56-42(38-55-57(50,51)54-35-34-48(2,3)4)37-53-46(39-27-22-20-23-28-39,40-29-24-21-25-30-40)43-36-41(47)32-33-44(43)52-5/h13-14,20-25,27-30,32-33,36,42H,6-12,15-19,26,31,34-35,37-38H2,1-5H3/b14-13-/t42-/m1/s1. The molecule has 3 aromatic rings. The number of hydrogen-bond acceptors (Lipinski definition) is 8. The fraction of sp³-hybridized carbons (Fsp3) is 0.543. The second-order valence-corrected chi connectivity index (χ2v) is 17.5. The van der Waals surface area contributed by atoms with Gasteiger partial charge in [-0.1, -0.05) is 143 Å². The molecule has 0 saturated carbocycles. The molecule has 0 fully saturated rings. The van der Waals surface area contributed by atoms with Gasteiger partial charge in [0.1, 0.15) is 30.6 Å². The number of carbonyl (C=O) groups excluding carboxylic acids is 1. The van der Waals surface area contributed by atoms with Crippen molar-refractivity contribution >= 4 is 25.4 Å². The van der Waals surface area contributed by atoms with Crippen molar-refractivity contribution in [3.8, 4) is 5.75 Å². The smallest absolute Gasteiger partial charge is 0.306 e. The average molecular weight is 828 g/mol. The Morgan fingerprint density at radius 1 is 0.789 bits per heavy atom. The van der Waals surface area contributed by atoms with E-state index in [2.05, 4.69) is 19.1 Å². The molecule has 2 atom stereocenters. The first-order chi connectivity index (χ1) is 27.4. The van der Waals surface area contributed by atoms with Gasteiger partial charge in [-0.05, 0) is 61.4 Å². The van der Waals surface area contributed by atoms with Crippen LogP contribution in [-0.4, -0.2) is 71.2 Å². The van der Waals surface area contributed by atoms with Crippen LogP contribution in [0.25, 0.3) is 0 Å². The van der Waals surface area contributed by atoms with Crippen LogP contribution in [0.1, 0.15) is 114 Å². The molecule has 0 aliphatic carbocycles. The highest BCUT2D eigenvalue weighted by atomic mass is 35.5. The minimum absolute atomic E-state index is 0.0552. The number of unbranched alkanes of at least 4 members (excludes halogenated alkanes) is 11. The monoisotopic (exact) mass is 827 g/mol. The molecule has 0 N–H and O–H groups in total. The van der Waals surface area contributed by atoms with Gasteiger partial charge in [0.25, 0.3) is 7.82 Å². The molecule has 11 heteroatoms. The SMILES string of the molecule is CCCCCCCC/C=C\CCCCCCCC(=O)O[C@H](COC(c1ccccc1)(c1ccccc1)c1cc(Cl)ccc1OC)COP(=O)([O-])OCC[N+](C)(C)C. The molecule has 3 rings (SSSR count). The topological polar surface area (TPSA) is 103 Å². The van der Waals surface area contributed by atoms with Crippen LogP contribution in [0.3, 0.4) is 0 Å². The van der Waals surface area contributed by atoms with E-state index in [1.165, 1.54) is 38.5 Å². The second kappa shape index (κ2) is 26.2. The first kappa shape index (κ1) is 48.4. The van der Waals surface area contributed by atoms with Gasteiger partial charge in [0, 0.05) is 17.0 Å². The molecule has 0 aromatic heterocycles. The normalized spacial score (nSPS) is 13.7. The van der Waals surface area contributed by atoms with E-state index >= 15 is 0 Å². The number of methoxy groups -OCH3 is 1. The predicted molar refractivity (Wildman–Crippen MR) is 228 cm³/mol. The number of phosphoric acid groups is 1. The number of phosphoric ester groups is 1. The number of halogens is 1. The number of esters is 1. The molecule has 0 spiro atoms. The van der Waals surface area contributed by atoms with Crippen LogP contribution in [-0.2, 0) is 33.5 Å². The number of nitrogens with zero attached hydrogens (tertiary/aromatic N) is 1. The van der Waals surface area contributed by atoms with E-state index < -0.39 is 32.1 Å². The number of hydrogen-bond donors (Lipinski definition) is 0. The third-order valence-electron chi connectivity index (χ3n) is 9.76. The molecule has 3 aromatic carbocycles. The Balaban J connectivity index is 1.71. The highest BCUT2D eigenvalue weighted by Gasteiger charge is 2.41. The van der Waals surface area contributed by atoms with Crippen molar-refractivity contribution in [2.75, 3.05) is 54.6 Å². The highest BCUT2D eigenvalue weighted by molar-refractivity contribution is 7.45. The van der Waals surface area contributed by atoms with Gasteiger partial charge in [0.15, 0.2) is 0 Å². The molecule has 0 bridgehead atoms. The summed E-state index contributed by atoms with van der Waals surface area (Å²) in [5.41, 5.74) is 0.825. The Morgan fingerprint density at radius 2 is 1.35 bits per heavy atom. The maximum atomic E-state index is 13.3. The highest BCUT2D eigenvalue weighted by Crippen LogP contribution is 2.46. The Morgan fingerprint density at radius 3 is 1.91 bits per heavy atom. The van der Waals surface area contributed by atoms with Gasteiger partial charge < -0.3 is 32.6 Å². The van der Waals surface area contributed by atoms with Crippen molar-refractivity contribution in [1.82, 2.24) is 0 Å². The lowest BCUT2D eigenvalue weighted by Crippen LogP contribution is -2.39. The van der Waals surface area contributed by atoms with E-state index in [0.717, 1.165) is 49.7 Å². The van der Waals surface area contributed by atoms with Crippen LogP contribution in [0.5, 0.6) is 5.75 Å². The van der Waals surface area contributed by atoms with Gasteiger partial charge in [-0.15, -0.1) is 0 Å². The third kappa shape index (κ3) is 18.2. The molecule has 0 amide bonds. The number of likely N-dealkylation sites (N-methyl/N-ethyl adjacent to an activating group) is 1. The fourth-order valence-corrected chi connectivity index (χ4v) is 7.48. The maximum absolute atomic E-state index is 13.3. The first-order valence-electron chi connectivity index (χ1n) is 20.7. The summed E-state index contributed by atoms with van der Waals surface area (Å²) in [5.74, 6) is 0.0673. The van der Waals surface area contributed by atoms with Gasteiger partial charge in [-0.3, -0.25) is 9.36 Å². The quantitative estimate of drug-likeness (QED) is 0.0163. The molecule has 316 valence electrons. The average Bonchev–Trinajstić information content (AvgIpc) is 3.19. The number of quaternary nitrogens is 1. The lowest BCUT2D eigenvalue weighted by Gasteiger charge is -2.38. The summed E-state index contributed by atoms with van der Waals surface area (Å²) in [6.45, 7) is 1.93. The van der Waals surface area contributed by atoms with Crippen LogP contribution in [0.15, 0.2) is 91.0 Å². The molecule has 0 aliphatic heterocycles. The Labute approximate surface area is 347 Å². The summed E-state index contributed by atoms with van der Waals surface area (Å²) in [4.78, 5) is 26.2. The molecule has 0 aliphatic rings. The molecule has 0 saturated heterocycles. The number of rotatable bonds is 30. The molecular formula is C46H67ClNO8P. The fourth-order valence-electron chi connectivity index (χ4n) is 6.58. The number of carbonyl (C=O) groups is 1. The van der Waals surface area contributed by atoms with Crippen molar-refractivity contribution < 1.29 is 42.0 Å². The summed E-state index contributed by atoms with van der Waals surface area (Å²) in [6.07, 6.45) is 18.7. The van der Waals surface area contributed by atoms with E-state index in [1.807, 2.05) is 81.8 Å². The van der Waals surface area contributed by atoms with Gasteiger partial charge >= 0.3 is 5.97 Å². The molecule has 1 unspecified atom stereocenters. The summed E-state index contributed by atoms with van der Waals surface area (Å²) in [7, 11) is 2.64. The van der Waals surface area contributed by atoms with Crippen LogP contribution < -0.4 is 9.63 Å². The Hall–Kier alpha value is -3.01. The van der Waals surface area contributed by atoms with Crippen LogP contribution in [0, 0.1) is 0 Å². The number of ether oxygens (including phenoxy) is 3. The summed E-state index contributed by atoms with van der Waals surface area (Å²) < 4.78 is 42.6. The van der Waals surface area contributed by atoms with Crippen molar-refractivity contribution in [3.05, 3.63) is 113 Å². The number of benzene rings is 3. The van der Waals surface area contributed by atoms with E-state index in [-0.39, 0.29) is 19.6 Å². The minimum Gasteiger partial charge on any atom is -0.756 e. The minimum atomic E-state index is -4.74. The van der Waals surface area contributed by atoms with Gasteiger partial charge in [-0.2, -0.15) is 0 Å².